The van der Waals surface area contributed by atoms with Crippen LogP contribution in [-0.4, -0.2) is 21.9 Å². The largest absolute Gasteiger partial charge is 0.464 e. The molecule has 0 aliphatic carbocycles. The average Bonchev–Trinajstić information content (AvgIpc) is 3.12. The fourth-order valence-electron chi connectivity index (χ4n) is 2.04. The lowest BCUT2D eigenvalue weighted by Gasteiger charge is -1.99. The molecule has 1 aromatic carbocycles. The Morgan fingerprint density at radius 3 is 3.13 bits per heavy atom. The maximum atomic E-state index is 13.3. The summed E-state index contributed by atoms with van der Waals surface area (Å²) in [5.41, 5.74) is 1.20. The third-order valence-corrected chi connectivity index (χ3v) is 5.23. The number of hydrogen-bond donors (Lipinski definition) is 1. The van der Waals surface area contributed by atoms with Crippen molar-refractivity contribution in [3.05, 3.63) is 35.8 Å². The second-order valence-electron chi connectivity index (χ2n) is 4.85. The van der Waals surface area contributed by atoms with Crippen LogP contribution in [0.2, 0.25) is 0 Å². The van der Waals surface area contributed by atoms with E-state index in [9.17, 15) is 9.18 Å². The SMILES string of the molecule is CCCSc1nnc(NC(=O)Cc2coc3ccc(F)cc23)s1. The highest BCUT2D eigenvalue weighted by molar-refractivity contribution is 8.01. The Morgan fingerprint density at radius 1 is 1.43 bits per heavy atom. The second kappa shape index (κ2) is 7.10. The first kappa shape index (κ1) is 15.9. The van der Waals surface area contributed by atoms with Gasteiger partial charge in [0.15, 0.2) is 4.34 Å². The van der Waals surface area contributed by atoms with Crippen molar-refractivity contribution < 1.29 is 13.6 Å². The molecule has 0 aliphatic rings. The van der Waals surface area contributed by atoms with Gasteiger partial charge in [-0.15, -0.1) is 10.2 Å². The summed E-state index contributed by atoms with van der Waals surface area (Å²) in [7, 11) is 0. The molecule has 0 radical (unpaired) electrons. The van der Waals surface area contributed by atoms with Gasteiger partial charge in [-0.3, -0.25) is 4.79 Å². The molecule has 1 amide bonds. The number of hydrogen-bond acceptors (Lipinski definition) is 6. The smallest absolute Gasteiger partial charge is 0.230 e. The molecular weight excluding hydrogens is 337 g/mol. The van der Waals surface area contributed by atoms with Crippen molar-refractivity contribution >= 4 is 45.1 Å². The van der Waals surface area contributed by atoms with Gasteiger partial charge in [0, 0.05) is 16.7 Å². The number of nitrogens with zero attached hydrogens (tertiary/aromatic N) is 2. The first-order valence-electron chi connectivity index (χ1n) is 7.07. The standard InChI is InChI=1S/C15H14FN3O2S2/c1-2-5-22-15-19-18-14(23-15)17-13(20)6-9-8-21-12-4-3-10(16)7-11(9)12/h3-4,7-8H,2,5-6H2,1H3,(H,17,18,20). The van der Waals surface area contributed by atoms with E-state index >= 15 is 0 Å². The molecule has 0 unspecified atom stereocenters. The molecule has 23 heavy (non-hydrogen) atoms. The third-order valence-electron chi connectivity index (χ3n) is 3.05. The van der Waals surface area contributed by atoms with E-state index in [1.807, 2.05) is 0 Å². The van der Waals surface area contributed by atoms with Gasteiger partial charge in [-0.1, -0.05) is 30.0 Å². The molecule has 2 heterocycles. The van der Waals surface area contributed by atoms with Crippen molar-refractivity contribution in [2.24, 2.45) is 0 Å². The van der Waals surface area contributed by atoms with E-state index in [4.69, 9.17) is 4.42 Å². The summed E-state index contributed by atoms with van der Waals surface area (Å²) in [6.07, 6.45) is 2.62. The summed E-state index contributed by atoms with van der Waals surface area (Å²) >= 11 is 2.96. The predicted octanol–water partition coefficient (Wildman–Crippen LogP) is 4.11. The highest BCUT2D eigenvalue weighted by atomic mass is 32.2. The van der Waals surface area contributed by atoms with Crippen LogP contribution in [0.3, 0.4) is 0 Å². The van der Waals surface area contributed by atoms with E-state index in [0.29, 0.717) is 21.7 Å². The molecule has 3 aromatic rings. The monoisotopic (exact) mass is 351 g/mol. The van der Waals surface area contributed by atoms with Gasteiger partial charge in [0.2, 0.25) is 11.0 Å². The first-order valence-corrected chi connectivity index (χ1v) is 8.87. The first-order chi connectivity index (χ1) is 11.2. The van der Waals surface area contributed by atoms with Crippen molar-refractivity contribution in [1.29, 1.82) is 0 Å². The van der Waals surface area contributed by atoms with Gasteiger partial charge in [-0.2, -0.15) is 0 Å². The number of aromatic nitrogens is 2. The van der Waals surface area contributed by atoms with Crippen molar-refractivity contribution in [3.63, 3.8) is 0 Å². The van der Waals surface area contributed by atoms with E-state index in [-0.39, 0.29) is 18.1 Å². The number of amides is 1. The van der Waals surface area contributed by atoms with Crippen molar-refractivity contribution in [2.75, 3.05) is 11.1 Å². The zero-order chi connectivity index (χ0) is 16.2. The number of nitrogens with one attached hydrogen (secondary N) is 1. The third kappa shape index (κ3) is 3.89. The van der Waals surface area contributed by atoms with Crippen LogP contribution in [0.4, 0.5) is 9.52 Å². The second-order valence-corrected chi connectivity index (χ2v) is 7.17. The van der Waals surface area contributed by atoms with Crippen molar-refractivity contribution in [2.45, 2.75) is 24.1 Å². The average molecular weight is 351 g/mol. The van der Waals surface area contributed by atoms with Crippen LogP contribution in [-0.2, 0) is 11.2 Å². The highest BCUT2D eigenvalue weighted by Gasteiger charge is 2.13. The topological polar surface area (TPSA) is 68.0 Å². The summed E-state index contributed by atoms with van der Waals surface area (Å²) in [6, 6.07) is 4.24. The predicted molar refractivity (Wildman–Crippen MR) is 89.4 cm³/mol. The lowest BCUT2D eigenvalue weighted by Crippen LogP contribution is -2.14. The van der Waals surface area contributed by atoms with Gasteiger partial charge in [0.05, 0.1) is 12.7 Å². The molecule has 2 aromatic heterocycles. The minimum atomic E-state index is -0.359. The molecule has 3 rings (SSSR count). The molecule has 0 aliphatic heterocycles. The van der Waals surface area contributed by atoms with Crippen LogP contribution in [0.15, 0.2) is 33.2 Å². The van der Waals surface area contributed by atoms with Gasteiger partial charge in [0.25, 0.3) is 0 Å². The molecule has 0 atom stereocenters. The Bertz CT molecular complexity index is 831. The van der Waals surface area contributed by atoms with E-state index < -0.39 is 0 Å². The normalized spacial score (nSPS) is 11.0. The molecule has 0 saturated heterocycles. The zero-order valence-corrected chi connectivity index (χ0v) is 14.0. The Kier molecular flexibility index (Phi) is 4.92. The van der Waals surface area contributed by atoms with Gasteiger partial charge in [-0.25, -0.2) is 4.39 Å². The Balaban J connectivity index is 1.66. The van der Waals surface area contributed by atoms with Crippen molar-refractivity contribution in [3.8, 4) is 0 Å². The summed E-state index contributed by atoms with van der Waals surface area (Å²) in [4.78, 5) is 12.1. The fourth-order valence-corrected chi connectivity index (χ4v) is 3.73. The summed E-state index contributed by atoms with van der Waals surface area (Å²) in [5, 5.41) is 11.7. The van der Waals surface area contributed by atoms with E-state index in [0.717, 1.165) is 16.5 Å². The van der Waals surface area contributed by atoms with E-state index in [1.54, 1.807) is 17.8 Å². The van der Waals surface area contributed by atoms with Gasteiger partial charge in [0.1, 0.15) is 11.4 Å². The maximum Gasteiger partial charge on any atom is 0.230 e. The number of benzene rings is 1. The van der Waals surface area contributed by atoms with Crippen LogP contribution in [0.25, 0.3) is 11.0 Å². The number of halogens is 1. The zero-order valence-electron chi connectivity index (χ0n) is 12.3. The number of rotatable bonds is 6. The molecule has 0 saturated carbocycles. The van der Waals surface area contributed by atoms with Crippen LogP contribution in [0.1, 0.15) is 18.9 Å². The number of fused-ring (bicyclic) bond motifs is 1. The summed E-state index contributed by atoms with van der Waals surface area (Å²) in [6.45, 7) is 2.09. The van der Waals surface area contributed by atoms with E-state index in [2.05, 4.69) is 22.4 Å². The minimum absolute atomic E-state index is 0.0907. The molecule has 120 valence electrons. The number of carbonyl (C=O) groups is 1. The number of thioether (sulfide) groups is 1. The molecule has 8 heteroatoms. The lowest BCUT2D eigenvalue weighted by molar-refractivity contribution is -0.115. The van der Waals surface area contributed by atoms with Crippen LogP contribution in [0.5, 0.6) is 0 Å². The summed E-state index contributed by atoms with van der Waals surface area (Å²) < 4.78 is 19.5. The molecular formula is C15H14FN3O2S2. The van der Waals surface area contributed by atoms with Gasteiger partial charge < -0.3 is 9.73 Å². The molecule has 0 fully saturated rings. The van der Waals surface area contributed by atoms with Crippen LogP contribution >= 0.6 is 23.1 Å². The van der Waals surface area contributed by atoms with Gasteiger partial charge >= 0.3 is 0 Å². The molecule has 0 spiro atoms. The lowest BCUT2D eigenvalue weighted by atomic mass is 10.1. The van der Waals surface area contributed by atoms with Crippen molar-refractivity contribution in [1.82, 2.24) is 10.2 Å². The highest BCUT2D eigenvalue weighted by Crippen LogP contribution is 2.26. The molecule has 1 N–H and O–H groups in total. The fraction of sp³-hybridized carbons (Fsp3) is 0.267. The summed E-state index contributed by atoms with van der Waals surface area (Å²) in [5.74, 6) is 0.372. The number of furan rings is 1. The Labute approximate surface area is 140 Å². The van der Waals surface area contributed by atoms with Gasteiger partial charge in [-0.05, 0) is 24.6 Å². The Hall–Kier alpha value is -1.93. The minimum Gasteiger partial charge on any atom is -0.464 e. The van der Waals surface area contributed by atoms with E-state index in [1.165, 1.54) is 29.7 Å². The molecule has 0 bridgehead atoms. The van der Waals surface area contributed by atoms with Crippen LogP contribution < -0.4 is 5.32 Å². The number of anilines is 1. The quantitative estimate of drug-likeness (QED) is 0.535. The number of carbonyl (C=O) groups excluding carboxylic acids is 1. The Morgan fingerprint density at radius 2 is 2.30 bits per heavy atom. The maximum absolute atomic E-state index is 13.3. The molecule has 5 nitrogen and oxygen atoms in total. The van der Waals surface area contributed by atoms with Crippen LogP contribution in [0, 0.1) is 5.82 Å².